The number of carboxylic acid groups (broad SMARTS) is 1. The molecule has 0 bridgehead atoms. The van der Waals surface area contributed by atoms with Gasteiger partial charge in [0, 0.05) is 13.0 Å². The van der Waals surface area contributed by atoms with Gasteiger partial charge in [-0.2, -0.15) is 0 Å². The van der Waals surface area contributed by atoms with Gasteiger partial charge in [-0.1, -0.05) is 57.0 Å². The van der Waals surface area contributed by atoms with Crippen molar-refractivity contribution in [3.63, 3.8) is 0 Å². The number of nitrogens with two attached hydrogens (primary N) is 2. The molecule has 7 N–H and O–H groups in total. The maximum absolute atomic E-state index is 13.2. The van der Waals surface area contributed by atoms with Gasteiger partial charge >= 0.3 is 5.97 Å². The van der Waals surface area contributed by atoms with Gasteiger partial charge in [-0.25, -0.2) is 4.79 Å². The number of carbonyl (C=O) groups excluding carboxylic acids is 3. The van der Waals surface area contributed by atoms with Crippen LogP contribution in [0.3, 0.4) is 0 Å². The largest absolute Gasteiger partial charge is 0.480 e. The highest BCUT2D eigenvalue weighted by Crippen LogP contribution is 2.20. The first kappa shape index (κ1) is 29.3. The van der Waals surface area contributed by atoms with Crippen molar-refractivity contribution in [2.24, 2.45) is 17.4 Å². The first-order valence-electron chi connectivity index (χ1n) is 12.8. The maximum Gasteiger partial charge on any atom is 0.326 e. The number of benzene rings is 1. The third kappa shape index (κ3) is 8.30. The third-order valence-electron chi connectivity index (χ3n) is 6.82. The number of nitrogens with one attached hydrogen (secondary N) is 2. The van der Waals surface area contributed by atoms with Crippen LogP contribution in [0.25, 0.3) is 0 Å². The minimum absolute atomic E-state index is 0.121. The molecule has 5 unspecified atom stereocenters. The Balaban J connectivity index is 2.08. The summed E-state index contributed by atoms with van der Waals surface area (Å²) in [5.74, 6) is -2.66. The van der Waals surface area contributed by atoms with Crippen molar-refractivity contribution >= 4 is 23.7 Å². The molecule has 1 aliphatic rings. The maximum atomic E-state index is 13.2. The summed E-state index contributed by atoms with van der Waals surface area (Å²) in [6.45, 7) is 4.67. The van der Waals surface area contributed by atoms with Crippen molar-refractivity contribution in [1.82, 2.24) is 15.5 Å². The minimum Gasteiger partial charge on any atom is -0.480 e. The van der Waals surface area contributed by atoms with Crippen molar-refractivity contribution in [3.05, 3.63) is 35.9 Å². The predicted octanol–water partition coefficient (Wildman–Crippen LogP) is 0.777. The molecule has 36 heavy (non-hydrogen) atoms. The van der Waals surface area contributed by atoms with Gasteiger partial charge in [0.2, 0.25) is 17.7 Å². The smallest absolute Gasteiger partial charge is 0.326 e. The summed E-state index contributed by atoms with van der Waals surface area (Å²) in [5, 5.41) is 15.1. The van der Waals surface area contributed by atoms with Crippen LogP contribution in [-0.4, -0.2) is 71.0 Å². The van der Waals surface area contributed by atoms with Crippen molar-refractivity contribution in [3.8, 4) is 0 Å². The molecular formula is C26H41N5O5. The summed E-state index contributed by atoms with van der Waals surface area (Å²) in [6, 6.07) is 5.54. The van der Waals surface area contributed by atoms with Gasteiger partial charge in [0.15, 0.2) is 0 Å². The summed E-state index contributed by atoms with van der Waals surface area (Å²) in [5.41, 5.74) is 12.4. The molecule has 10 nitrogen and oxygen atoms in total. The predicted molar refractivity (Wildman–Crippen MR) is 137 cm³/mol. The van der Waals surface area contributed by atoms with E-state index in [4.69, 9.17) is 11.5 Å². The van der Waals surface area contributed by atoms with Crippen LogP contribution in [0.5, 0.6) is 0 Å². The molecule has 5 atom stereocenters. The van der Waals surface area contributed by atoms with E-state index in [0.29, 0.717) is 38.8 Å². The molecule has 0 aliphatic carbocycles. The zero-order chi connectivity index (χ0) is 26.7. The van der Waals surface area contributed by atoms with Crippen LogP contribution in [-0.2, 0) is 25.6 Å². The number of hydrogen-bond acceptors (Lipinski definition) is 6. The molecule has 0 saturated carbocycles. The molecule has 2 rings (SSSR count). The van der Waals surface area contributed by atoms with Crippen molar-refractivity contribution in [2.75, 3.05) is 13.1 Å². The van der Waals surface area contributed by atoms with E-state index < -0.39 is 42.0 Å². The molecule has 200 valence electrons. The summed E-state index contributed by atoms with van der Waals surface area (Å²) in [4.78, 5) is 52.7. The van der Waals surface area contributed by atoms with Gasteiger partial charge in [-0.15, -0.1) is 0 Å². The van der Waals surface area contributed by atoms with Gasteiger partial charge in [-0.3, -0.25) is 14.4 Å². The zero-order valence-corrected chi connectivity index (χ0v) is 21.3. The molecule has 1 aromatic carbocycles. The lowest BCUT2D eigenvalue weighted by molar-refractivity contribution is -0.143. The molecule has 10 heteroatoms. The van der Waals surface area contributed by atoms with Crippen LogP contribution in [0.15, 0.2) is 30.3 Å². The summed E-state index contributed by atoms with van der Waals surface area (Å²) in [6.07, 6.45) is 3.86. The molecular weight excluding hydrogens is 462 g/mol. The first-order valence-corrected chi connectivity index (χ1v) is 12.8. The Morgan fingerprint density at radius 1 is 1.14 bits per heavy atom. The fourth-order valence-electron chi connectivity index (χ4n) is 4.41. The molecule has 0 radical (unpaired) electrons. The quantitative estimate of drug-likeness (QED) is 0.234. The van der Waals surface area contributed by atoms with Crippen LogP contribution >= 0.6 is 0 Å². The van der Waals surface area contributed by atoms with Crippen LogP contribution in [0.4, 0.5) is 0 Å². The van der Waals surface area contributed by atoms with Crippen LogP contribution in [0.2, 0.25) is 0 Å². The van der Waals surface area contributed by atoms with E-state index in [-0.39, 0.29) is 18.2 Å². The van der Waals surface area contributed by atoms with Gasteiger partial charge < -0.3 is 32.1 Å². The lowest BCUT2D eigenvalue weighted by Crippen LogP contribution is -2.58. The fourth-order valence-corrected chi connectivity index (χ4v) is 4.41. The topological polar surface area (TPSA) is 168 Å². The van der Waals surface area contributed by atoms with Crippen LogP contribution < -0.4 is 22.1 Å². The number of carbonyl (C=O) groups is 4. The minimum atomic E-state index is -1.15. The zero-order valence-electron chi connectivity index (χ0n) is 21.3. The first-order chi connectivity index (χ1) is 17.2. The number of likely N-dealkylation sites (tertiary alicyclic amines) is 1. The summed E-state index contributed by atoms with van der Waals surface area (Å²) >= 11 is 0. The third-order valence-corrected chi connectivity index (χ3v) is 6.82. The Morgan fingerprint density at radius 3 is 2.44 bits per heavy atom. The lowest BCUT2D eigenvalue weighted by Gasteiger charge is -2.30. The average molecular weight is 504 g/mol. The van der Waals surface area contributed by atoms with Crippen molar-refractivity contribution < 1.29 is 24.3 Å². The van der Waals surface area contributed by atoms with Gasteiger partial charge in [0.25, 0.3) is 0 Å². The summed E-state index contributed by atoms with van der Waals surface area (Å²) in [7, 11) is 0. The van der Waals surface area contributed by atoms with Crippen LogP contribution in [0.1, 0.15) is 57.9 Å². The van der Waals surface area contributed by atoms with E-state index in [1.165, 1.54) is 4.90 Å². The lowest BCUT2D eigenvalue weighted by atomic mass is 9.96. The van der Waals surface area contributed by atoms with Gasteiger partial charge in [0.1, 0.15) is 18.1 Å². The highest BCUT2D eigenvalue weighted by atomic mass is 16.4. The molecule has 1 heterocycles. The molecule has 1 fully saturated rings. The van der Waals surface area contributed by atoms with Gasteiger partial charge in [-0.05, 0) is 43.7 Å². The number of rotatable bonds is 14. The molecule has 1 aliphatic heterocycles. The second kappa shape index (κ2) is 14.5. The Labute approximate surface area is 213 Å². The average Bonchev–Trinajstić information content (AvgIpc) is 3.36. The molecule has 1 saturated heterocycles. The molecule has 1 aromatic rings. The van der Waals surface area contributed by atoms with Crippen molar-refractivity contribution in [1.29, 1.82) is 0 Å². The Kier molecular flexibility index (Phi) is 11.8. The standard InChI is InChI=1S/C26H41N5O5/c1-3-17(2)22(24(33)29-20(26(35)36)16-18-10-5-4-6-11-18)30-23(32)21-13-9-15-31(21)25(34)19(28)12-7-8-14-27/h4-6,10-11,17,19-22H,3,7-9,12-16,27-28H2,1-2H3,(H,29,33)(H,30,32)(H,35,36). The number of hydrogen-bond donors (Lipinski definition) is 5. The number of carboxylic acids is 1. The molecule has 3 amide bonds. The highest BCUT2D eigenvalue weighted by molar-refractivity contribution is 5.94. The van der Waals surface area contributed by atoms with E-state index in [2.05, 4.69) is 10.6 Å². The second-order valence-corrected chi connectivity index (χ2v) is 9.54. The second-order valence-electron chi connectivity index (χ2n) is 9.54. The van der Waals surface area contributed by atoms with Crippen LogP contribution in [0, 0.1) is 5.92 Å². The Bertz CT molecular complexity index is 881. The summed E-state index contributed by atoms with van der Waals surface area (Å²) < 4.78 is 0. The fraction of sp³-hybridized carbons (Fsp3) is 0.615. The van der Waals surface area contributed by atoms with E-state index >= 15 is 0 Å². The Morgan fingerprint density at radius 2 is 1.83 bits per heavy atom. The Hall–Kier alpha value is -2.98. The van der Waals surface area contributed by atoms with E-state index in [0.717, 1.165) is 18.4 Å². The number of nitrogens with zero attached hydrogens (tertiary/aromatic N) is 1. The van der Waals surface area contributed by atoms with E-state index in [1.807, 2.05) is 19.9 Å². The normalized spacial score (nSPS) is 18.7. The molecule has 0 spiro atoms. The van der Waals surface area contributed by atoms with E-state index in [9.17, 15) is 24.3 Å². The highest BCUT2D eigenvalue weighted by Gasteiger charge is 2.38. The van der Waals surface area contributed by atoms with Crippen molar-refractivity contribution in [2.45, 2.75) is 83.0 Å². The number of unbranched alkanes of at least 4 members (excludes halogenated alkanes) is 1. The molecule has 0 aromatic heterocycles. The van der Waals surface area contributed by atoms with Gasteiger partial charge in [0.05, 0.1) is 6.04 Å². The van der Waals surface area contributed by atoms with E-state index in [1.54, 1.807) is 24.3 Å². The monoisotopic (exact) mass is 503 g/mol. The number of aliphatic carboxylic acids is 1. The SMILES string of the molecule is CCC(C)C(NC(=O)C1CCCN1C(=O)C(N)CCCCN)C(=O)NC(Cc1ccccc1)C(=O)O. The number of amides is 3.